The highest BCUT2D eigenvalue weighted by Crippen LogP contribution is 2.37. The highest BCUT2D eigenvalue weighted by molar-refractivity contribution is 7.11. The molecular formula is C7H7F3N2OS. The Morgan fingerprint density at radius 3 is 2.50 bits per heavy atom. The second kappa shape index (κ2) is 2.91. The number of aromatic nitrogens is 1. The fourth-order valence-corrected chi connectivity index (χ4v) is 2.03. The van der Waals surface area contributed by atoms with Crippen LogP contribution in [0, 0.1) is 0 Å². The minimum Gasteiger partial charge on any atom is -0.382 e. The first-order chi connectivity index (χ1) is 6.42. The molecule has 1 aromatic heterocycles. The second-order valence-electron chi connectivity index (χ2n) is 3.16. The maximum atomic E-state index is 12.2. The Labute approximate surface area is 81.6 Å². The number of hydrogen-bond donors (Lipinski definition) is 2. The van der Waals surface area contributed by atoms with Crippen LogP contribution in [-0.4, -0.2) is 23.2 Å². The summed E-state index contributed by atoms with van der Waals surface area (Å²) < 4.78 is 36.5. The van der Waals surface area contributed by atoms with Gasteiger partial charge < -0.3 is 10.4 Å². The summed E-state index contributed by atoms with van der Waals surface area (Å²) in [6, 6.07) is 0. The predicted octanol–water partition coefficient (Wildman–Crippen LogP) is 0.953. The lowest BCUT2D eigenvalue weighted by molar-refractivity contribution is -0.137. The molecule has 0 saturated carbocycles. The lowest BCUT2D eigenvalue weighted by Crippen LogP contribution is -2.56. The molecule has 0 unspecified atom stereocenters. The van der Waals surface area contributed by atoms with E-state index < -0.39 is 16.8 Å². The number of aliphatic hydroxyl groups is 1. The monoisotopic (exact) mass is 224 g/mol. The molecule has 0 amide bonds. The highest BCUT2D eigenvalue weighted by Gasteiger charge is 2.41. The van der Waals surface area contributed by atoms with Gasteiger partial charge in [-0.1, -0.05) is 0 Å². The molecular weight excluding hydrogens is 217 g/mol. The summed E-state index contributed by atoms with van der Waals surface area (Å²) in [4.78, 5) is 3.51. The van der Waals surface area contributed by atoms with Gasteiger partial charge in [-0.3, -0.25) is 0 Å². The molecule has 0 aliphatic carbocycles. The molecule has 1 aromatic rings. The quantitative estimate of drug-likeness (QED) is 0.746. The molecule has 78 valence electrons. The van der Waals surface area contributed by atoms with Gasteiger partial charge in [0, 0.05) is 19.3 Å². The Bertz CT molecular complexity index is 345. The van der Waals surface area contributed by atoms with E-state index >= 15 is 0 Å². The summed E-state index contributed by atoms with van der Waals surface area (Å²) in [6.45, 7) is 0.568. The summed E-state index contributed by atoms with van der Waals surface area (Å²) in [5.74, 6) is 0. The summed E-state index contributed by atoms with van der Waals surface area (Å²) in [7, 11) is 0. The van der Waals surface area contributed by atoms with Gasteiger partial charge in [-0.05, 0) is 0 Å². The molecule has 14 heavy (non-hydrogen) atoms. The van der Waals surface area contributed by atoms with Gasteiger partial charge in [0.05, 0.1) is 4.88 Å². The molecule has 2 rings (SSSR count). The molecule has 7 heteroatoms. The van der Waals surface area contributed by atoms with Gasteiger partial charge in [-0.15, -0.1) is 11.3 Å². The maximum Gasteiger partial charge on any atom is 0.443 e. The van der Waals surface area contributed by atoms with Crippen molar-refractivity contribution in [3.63, 3.8) is 0 Å². The third-order valence-electron chi connectivity index (χ3n) is 2.04. The Balaban J connectivity index is 2.26. The number of thiazole rings is 1. The van der Waals surface area contributed by atoms with E-state index in [1.165, 1.54) is 0 Å². The number of alkyl halides is 3. The van der Waals surface area contributed by atoms with Crippen LogP contribution in [0.1, 0.15) is 9.88 Å². The Hall–Kier alpha value is -0.660. The standard InChI is InChI=1S/C7H7F3N2OS/c8-7(9,10)5-12-1-4(14-5)6(13)2-11-3-6/h1,11,13H,2-3H2. The van der Waals surface area contributed by atoms with Crippen LogP contribution < -0.4 is 5.32 Å². The van der Waals surface area contributed by atoms with E-state index in [1.54, 1.807) is 0 Å². The average Bonchev–Trinajstić information content (AvgIpc) is 2.46. The van der Waals surface area contributed by atoms with Crippen LogP contribution in [0.4, 0.5) is 13.2 Å². The zero-order valence-corrected chi connectivity index (χ0v) is 7.74. The minimum absolute atomic E-state index is 0.267. The number of rotatable bonds is 1. The Morgan fingerprint density at radius 2 is 2.14 bits per heavy atom. The van der Waals surface area contributed by atoms with Crippen LogP contribution in [0.3, 0.4) is 0 Å². The SMILES string of the molecule is OC1(c2cnc(C(F)(F)F)s2)CNC1. The van der Waals surface area contributed by atoms with E-state index in [9.17, 15) is 18.3 Å². The van der Waals surface area contributed by atoms with Gasteiger partial charge in [-0.25, -0.2) is 4.98 Å². The van der Waals surface area contributed by atoms with Crippen molar-refractivity contribution in [1.29, 1.82) is 0 Å². The maximum absolute atomic E-state index is 12.2. The molecule has 0 aromatic carbocycles. The first-order valence-electron chi connectivity index (χ1n) is 3.88. The lowest BCUT2D eigenvalue weighted by Gasteiger charge is -2.36. The number of nitrogens with one attached hydrogen (secondary N) is 1. The van der Waals surface area contributed by atoms with Gasteiger partial charge in [0.2, 0.25) is 0 Å². The van der Waals surface area contributed by atoms with Crippen molar-refractivity contribution >= 4 is 11.3 Å². The van der Waals surface area contributed by atoms with E-state index in [2.05, 4.69) is 10.3 Å². The van der Waals surface area contributed by atoms with Crippen molar-refractivity contribution in [3.8, 4) is 0 Å². The van der Waals surface area contributed by atoms with Crippen LogP contribution in [0.15, 0.2) is 6.20 Å². The van der Waals surface area contributed by atoms with E-state index in [0.717, 1.165) is 6.20 Å². The van der Waals surface area contributed by atoms with Gasteiger partial charge in [0.15, 0.2) is 5.01 Å². The average molecular weight is 224 g/mol. The molecule has 0 radical (unpaired) electrons. The first kappa shape index (κ1) is 9.88. The van der Waals surface area contributed by atoms with E-state index in [-0.39, 0.29) is 18.0 Å². The molecule has 1 aliphatic heterocycles. The second-order valence-corrected chi connectivity index (χ2v) is 4.19. The number of hydrogen-bond acceptors (Lipinski definition) is 4. The molecule has 0 bridgehead atoms. The van der Waals surface area contributed by atoms with Crippen molar-refractivity contribution in [2.45, 2.75) is 11.8 Å². The van der Waals surface area contributed by atoms with E-state index in [4.69, 9.17) is 0 Å². The smallest absolute Gasteiger partial charge is 0.382 e. The third kappa shape index (κ3) is 1.51. The third-order valence-corrected chi connectivity index (χ3v) is 3.28. The molecule has 0 spiro atoms. The number of β-amino-alcohol motifs (C(OH)–C–C–N with tert-alkyl or cyclic N) is 1. The summed E-state index contributed by atoms with van der Waals surface area (Å²) >= 11 is 0.496. The fraction of sp³-hybridized carbons (Fsp3) is 0.571. The molecule has 1 fully saturated rings. The molecule has 2 N–H and O–H groups in total. The van der Waals surface area contributed by atoms with Crippen LogP contribution in [0.5, 0.6) is 0 Å². The highest BCUT2D eigenvalue weighted by atomic mass is 32.1. The van der Waals surface area contributed by atoms with Crippen LogP contribution in [0.25, 0.3) is 0 Å². The first-order valence-corrected chi connectivity index (χ1v) is 4.70. The normalized spacial score (nSPS) is 20.6. The molecule has 1 saturated heterocycles. The molecule has 2 heterocycles. The Morgan fingerprint density at radius 1 is 1.50 bits per heavy atom. The van der Waals surface area contributed by atoms with E-state index in [1.807, 2.05) is 0 Å². The zero-order valence-electron chi connectivity index (χ0n) is 6.93. The lowest BCUT2D eigenvalue weighted by atomic mass is 9.96. The van der Waals surface area contributed by atoms with Crippen LogP contribution >= 0.6 is 11.3 Å². The number of nitrogens with zero attached hydrogens (tertiary/aromatic N) is 1. The predicted molar refractivity (Wildman–Crippen MR) is 43.9 cm³/mol. The molecule has 3 nitrogen and oxygen atoms in total. The summed E-state index contributed by atoms with van der Waals surface area (Å²) in [6.07, 6.45) is -3.33. The summed E-state index contributed by atoms with van der Waals surface area (Å²) in [5, 5.41) is 11.6. The van der Waals surface area contributed by atoms with Crippen molar-refractivity contribution < 1.29 is 18.3 Å². The zero-order chi connectivity index (χ0) is 10.4. The van der Waals surface area contributed by atoms with Crippen LogP contribution in [-0.2, 0) is 11.8 Å². The van der Waals surface area contributed by atoms with Gasteiger partial charge in [0.1, 0.15) is 5.60 Å². The van der Waals surface area contributed by atoms with Crippen molar-refractivity contribution in [3.05, 3.63) is 16.1 Å². The summed E-state index contributed by atoms with van der Waals surface area (Å²) in [5.41, 5.74) is -1.15. The van der Waals surface area contributed by atoms with Gasteiger partial charge in [-0.2, -0.15) is 13.2 Å². The molecule has 1 aliphatic rings. The van der Waals surface area contributed by atoms with Crippen LogP contribution in [0.2, 0.25) is 0 Å². The Kier molecular flexibility index (Phi) is 2.06. The van der Waals surface area contributed by atoms with Gasteiger partial charge in [0.25, 0.3) is 0 Å². The van der Waals surface area contributed by atoms with Crippen molar-refractivity contribution in [2.75, 3.05) is 13.1 Å². The number of halogens is 3. The topological polar surface area (TPSA) is 45.2 Å². The molecule has 0 atom stereocenters. The largest absolute Gasteiger partial charge is 0.443 e. The fourth-order valence-electron chi connectivity index (χ4n) is 1.16. The van der Waals surface area contributed by atoms with Crippen molar-refractivity contribution in [1.82, 2.24) is 10.3 Å². The van der Waals surface area contributed by atoms with Crippen molar-refractivity contribution in [2.24, 2.45) is 0 Å². The van der Waals surface area contributed by atoms with E-state index in [0.29, 0.717) is 11.3 Å². The minimum atomic E-state index is -4.42. The van der Waals surface area contributed by atoms with Gasteiger partial charge >= 0.3 is 6.18 Å².